The van der Waals surface area contributed by atoms with Gasteiger partial charge in [-0.05, 0) is 25.1 Å². The van der Waals surface area contributed by atoms with Crippen LogP contribution in [0.5, 0.6) is 0 Å². The number of carbonyl (C=O) groups is 1. The molecule has 0 amide bonds. The molecule has 1 aromatic rings. The normalized spacial score (nSPS) is 12.5. The molecule has 2 nitrogen and oxygen atoms in total. The van der Waals surface area contributed by atoms with Crippen LogP contribution in [0.3, 0.4) is 0 Å². The molecular formula is C11H12ClFO2. The monoisotopic (exact) mass is 230 g/mol. The standard InChI is InChI=1S/C11H12ClFO2/c1-7(15-2)5-11(14)9-6-8(13)3-4-10(9)12/h3-4,6-7H,5H2,1-2H3. The lowest BCUT2D eigenvalue weighted by molar-refractivity contribution is 0.0791. The van der Waals surface area contributed by atoms with Gasteiger partial charge in [0.05, 0.1) is 11.1 Å². The molecule has 0 saturated heterocycles. The predicted molar refractivity (Wildman–Crippen MR) is 56.8 cm³/mol. The molecule has 0 aliphatic heterocycles. The second-order valence-electron chi connectivity index (χ2n) is 3.30. The van der Waals surface area contributed by atoms with Crippen LogP contribution in [0, 0.1) is 5.82 Å². The molecule has 1 atom stereocenters. The third-order valence-electron chi connectivity index (χ3n) is 2.10. The Morgan fingerprint density at radius 3 is 2.87 bits per heavy atom. The molecule has 0 fully saturated rings. The SMILES string of the molecule is COC(C)CC(=O)c1cc(F)ccc1Cl. The average molecular weight is 231 g/mol. The van der Waals surface area contributed by atoms with Gasteiger partial charge in [-0.3, -0.25) is 4.79 Å². The maximum absolute atomic E-state index is 12.9. The minimum absolute atomic E-state index is 0.194. The van der Waals surface area contributed by atoms with E-state index in [4.69, 9.17) is 16.3 Å². The minimum atomic E-state index is -0.465. The summed E-state index contributed by atoms with van der Waals surface area (Å²) in [4.78, 5) is 11.7. The Morgan fingerprint density at radius 1 is 1.60 bits per heavy atom. The van der Waals surface area contributed by atoms with Crippen LogP contribution in [0.25, 0.3) is 0 Å². The summed E-state index contributed by atoms with van der Waals surface area (Å²) in [7, 11) is 1.52. The van der Waals surface area contributed by atoms with E-state index in [2.05, 4.69) is 0 Å². The van der Waals surface area contributed by atoms with Crippen molar-refractivity contribution >= 4 is 17.4 Å². The highest BCUT2D eigenvalue weighted by atomic mass is 35.5. The van der Waals surface area contributed by atoms with Gasteiger partial charge in [0.25, 0.3) is 0 Å². The van der Waals surface area contributed by atoms with E-state index in [9.17, 15) is 9.18 Å². The molecule has 1 unspecified atom stereocenters. The highest BCUT2D eigenvalue weighted by molar-refractivity contribution is 6.33. The van der Waals surface area contributed by atoms with E-state index in [1.165, 1.54) is 19.2 Å². The summed E-state index contributed by atoms with van der Waals surface area (Å²) in [6.45, 7) is 1.77. The highest BCUT2D eigenvalue weighted by Crippen LogP contribution is 2.19. The van der Waals surface area contributed by atoms with Gasteiger partial charge >= 0.3 is 0 Å². The van der Waals surface area contributed by atoms with Crippen LogP contribution in [0.1, 0.15) is 23.7 Å². The topological polar surface area (TPSA) is 26.3 Å². The molecule has 1 aromatic carbocycles. The third kappa shape index (κ3) is 3.29. The zero-order valence-corrected chi connectivity index (χ0v) is 9.34. The predicted octanol–water partition coefficient (Wildman–Crippen LogP) is 3.09. The number of halogens is 2. The van der Waals surface area contributed by atoms with Crippen LogP contribution in [0.2, 0.25) is 5.02 Å². The Morgan fingerprint density at radius 2 is 2.27 bits per heavy atom. The van der Waals surface area contributed by atoms with Crippen LogP contribution in [-0.2, 0) is 4.74 Å². The quantitative estimate of drug-likeness (QED) is 0.743. The Balaban J connectivity index is 2.86. The van der Waals surface area contributed by atoms with Crippen molar-refractivity contribution in [2.75, 3.05) is 7.11 Å². The van der Waals surface area contributed by atoms with Crippen molar-refractivity contribution in [3.63, 3.8) is 0 Å². The fraction of sp³-hybridized carbons (Fsp3) is 0.364. The summed E-state index contributed by atoms with van der Waals surface area (Å²) in [6.07, 6.45) is -0.00326. The average Bonchev–Trinajstić information content (AvgIpc) is 2.21. The summed E-state index contributed by atoms with van der Waals surface area (Å²) in [5.74, 6) is -0.679. The molecule has 0 spiro atoms. The number of methoxy groups -OCH3 is 1. The number of Topliss-reactive ketones (excluding diaryl/α,β-unsaturated/α-hetero) is 1. The lowest BCUT2D eigenvalue weighted by Gasteiger charge is -2.09. The van der Waals surface area contributed by atoms with E-state index < -0.39 is 5.82 Å². The van der Waals surface area contributed by atoms with Gasteiger partial charge in [-0.15, -0.1) is 0 Å². The number of hydrogen-bond donors (Lipinski definition) is 0. The molecule has 82 valence electrons. The summed E-state index contributed by atoms with van der Waals surface area (Å²) in [5, 5.41) is 0.268. The molecule has 0 aromatic heterocycles. The van der Waals surface area contributed by atoms with Crippen molar-refractivity contribution in [3.8, 4) is 0 Å². The summed E-state index contributed by atoms with van der Waals surface area (Å²) >= 11 is 5.79. The fourth-order valence-corrected chi connectivity index (χ4v) is 1.39. The number of rotatable bonds is 4. The zero-order valence-electron chi connectivity index (χ0n) is 8.59. The van der Waals surface area contributed by atoms with Crippen LogP contribution >= 0.6 is 11.6 Å². The molecule has 0 saturated carbocycles. The Kier molecular flexibility index (Phi) is 4.24. The molecule has 0 radical (unpaired) electrons. The first kappa shape index (κ1) is 12.1. The molecule has 15 heavy (non-hydrogen) atoms. The van der Waals surface area contributed by atoms with E-state index in [1.54, 1.807) is 6.92 Å². The zero-order chi connectivity index (χ0) is 11.4. The maximum Gasteiger partial charge on any atom is 0.167 e. The van der Waals surface area contributed by atoms with E-state index in [0.29, 0.717) is 0 Å². The molecule has 0 bridgehead atoms. The molecule has 0 aliphatic carbocycles. The van der Waals surface area contributed by atoms with E-state index in [0.717, 1.165) is 6.07 Å². The molecule has 0 aliphatic rings. The summed E-state index contributed by atoms with van der Waals surface area (Å²) in [6, 6.07) is 3.74. The molecule has 0 heterocycles. The molecule has 1 rings (SSSR count). The van der Waals surface area contributed by atoms with Gasteiger partial charge in [0.1, 0.15) is 5.82 Å². The number of carbonyl (C=O) groups excluding carboxylic acids is 1. The van der Waals surface area contributed by atoms with Crippen molar-refractivity contribution < 1.29 is 13.9 Å². The van der Waals surface area contributed by atoms with Crippen molar-refractivity contribution in [1.82, 2.24) is 0 Å². The van der Waals surface area contributed by atoms with Crippen molar-refractivity contribution in [2.24, 2.45) is 0 Å². The first-order valence-electron chi connectivity index (χ1n) is 4.55. The Labute approximate surface area is 93.0 Å². The van der Waals surface area contributed by atoms with Gasteiger partial charge in [-0.1, -0.05) is 11.6 Å². The van der Waals surface area contributed by atoms with E-state index in [-0.39, 0.29) is 28.9 Å². The van der Waals surface area contributed by atoms with Crippen LogP contribution in [0.4, 0.5) is 4.39 Å². The maximum atomic E-state index is 12.9. The van der Waals surface area contributed by atoms with Gasteiger partial charge in [0, 0.05) is 19.1 Å². The van der Waals surface area contributed by atoms with E-state index >= 15 is 0 Å². The molecular weight excluding hydrogens is 219 g/mol. The van der Waals surface area contributed by atoms with Gasteiger partial charge in [0.15, 0.2) is 5.78 Å². The second-order valence-corrected chi connectivity index (χ2v) is 3.70. The van der Waals surface area contributed by atoms with Gasteiger partial charge in [0.2, 0.25) is 0 Å². The van der Waals surface area contributed by atoms with Crippen molar-refractivity contribution in [2.45, 2.75) is 19.4 Å². The minimum Gasteiger partial charge on any atom is -0.381 e. The van der Waals surface area contributed by atoms with Gasteiger partial charge in [-0.25, -0.2) is 4.39 Å². The third-order valence-corrected chi connectivity index (χ3v) is 2.43. The largest absolute Gasteiger partial charge is 0.381 e. The lowest BCUT2D eigenvalue weighted by Crippen LogP contribution is -2.12. The van der Waals surface area contributed by atoms with Crippen molar-refractivity contribution in [1.29, 1.82) is 0 Å². The first-order chi connectivity index (χ1) is 7.04. The first-order valence-corrected chi connectivity index (χ1v) is 4.93. The van der Waals surface area contributed by atoms with Gasteiger partial charge < -0.3 is 4.74 Å². The number of ether oxygens (including phenoxy) is 1. The fourth-order valence-electron chi connectivity index (χ4n) is 1.17. The smallest absolute Gasteiger partial charge is 0.167 e. The molecule has 0 N–H and O–H groups in total. The Bertz CT molecular complexity index is 366. The van der Waals surface area contributed by atoms with Crippen LogP contribution in [-0.4, -0.2) is 19.0 Å². The summed E-state index contributed by atoms with van der Waals surface area (Å²) < 4.78 is 17.8. The molecule has 4 heteroatoms. The van der Waals surface area contributed by atoms with Crippen LogP contribution < -0.4 is 0 Å². The second kappa shape index (κ2) is 5.24. The number of hydrogen-bond acceptors (Lipinski definition) is 2. The van der Waals surface area contributed by atoms with Crippen LogP contribution in [0.15, 0.2) is 18.2 Å². The Hall–Kier alpha value is -0.930. The van der Waals surface area contributed by atoms with Gasteiger partial charge in [-0.2, -0.15) is 0 Å². The van der Waals surface area contributed by atoms with Crippen molar-refractivity contribution in [3.05, 3.63) is 34.6 Å². The lowest BCUT2D eigenvalue weighted by atomic mass is 10.1. The number of ketones is 1. The van der Waals surface area contributed by atoms with E-state index in [1.807, 2.05) is 0 Å². The summed E-state index contributed by atoms with van der Waals surface area (Å²) in [5.41, 5.74) is 0.209. The highest BCUT2D eigenvalue weighted by Gasteiger charge is 2.14. The number of benzene rings is 1.